The van der Waals surface area contributed by atoms with Crippen LogP contribution < -0.4 is 9.64 Å². The van der Waals surface area contributed by atoms with Gasteiger partial charge in [0.15, 0.2) is 10.3 Å². The lowest BCUT2D eigenvalue weighted by Gasteiger charge is -2.20. The summed E-state index contributed by atoms with van der Waals surface area (Å²) in [4.78, 5) is 13.9. The van der Waals surface area contributed by atoms with E-state index in [1.165, 1.54) is 18.1 Å². The van der Waals surface area contributed by atoms with Crippen molar-refractivity contribution < 1.29 is 9.53 Å². The number of anilines is 1. The maximum Gasteiger partial charge on any atom is 0.261 e. The highest BCUT2D eigenvalue weighted by atomic mass is 35.5. The number of halogens is 2. The standard InChI is InChI=1S/C13H11Cl2N3O2/c1-18(9-5-3-4-6-10(9)20-2)13(19)8-7-11(14)16-17-12(8)15/h3-7H,1-2H3. The second-order valence-electron chi connectivity index (χ2n) is 3.91. The Morgan fingerprint density at radius 1 is 1.25 bits per heavy atom. The summed E-state index contributed by atoms with van der Waals surface area (Å²) >= 11 is 11.6. The van der Waals surface area contributed by atoms with Gasteiger partial charge in [-0.05, 0) is 18.2 Å². The number of carbonyl (C=O) groups is 1. The molecule has 0 atom stereocenters. The summed E-state index contributed by atoms with van der Waals surface area (Å²) in [5.74, 6) is 0.226. The number of carbonyl (C=O) groups excluding carboxylic acids is 1. The Kier molecular flexibility index (Phi) is 4.42. The molecule has 0 saturated carbocycles. The maximum atomic E-state index is 12.4. The van der Waals surface area contributed by atoms with Crippen LogP contribution in [-0.4, -0.2) is 30.3 Å². The van der Waals surface area contributed by atoms with Crippen molar-refractivity contribution in [1.82, 2.24) is 10.2 Å². The number of aromatic nitrogens is 2. The molecule has 0 unspecified atom stereocenters. The van der Waals surface area contributed by atoms with Gasteiger partial charge in [0.05, 0.1) is 18.4 Å². The minimum absolute atomic E-state index is 0.00106. The summed E-state index contributed by atoms with van der Waals surface area (Å²) in [6.07, 6.45) is 0. The highest BCUT2D eigenvalue weighted by Crippen LogP contribution is 2.28. The van der Waals surface area contributed by atoms with Gasteiger partial charge in [-0.2, -0.15) is 0 Å². The van der Waals surface area contributed by atoms with Gasteiger partial charge in [-0.15, -0.1) is 10.2 Å². The van der Waals surface area contributed by atoms with E-state index in [1.54, 1.807) is 25.2 Å². The lowest BCUT2D eigenvalue weighted by Crippen LogP contribution is -2.27. The maximum absolute atomic E-state index is 12.4. The molecule has 0 bridgehead atoms. The zero-order valence-electron chi connectivity index (χ0n) is 10.8. The zero-order valence-corrected chi connectivity index (χ0v) is 12.3. The Balaban J connectivity index is 2.40. The fourth-order valence-electron chi connectivity index (χ4n) is 1.70. The van der Waals surface area contributed by atoms with Gasteiger partial charge in [0.2, 0.25) is 0 Å². The van der Waals surface area contributed by atoms with Crippen LogP contribution in [0.25, 0.3) is 0 Å². The van der Waals surface area contributed by atoms with Crippen molar-refractivity contribution in [2.24, 2.45) is 0 Å². The third-order valence-corrected chi connectivity index (χ3v) is 3.16. The Morgan fingerprint density at radius 3 is 2.65 bits per heavy atom. The summed E-state index contributed by atoms with van der Waals surface area (Å²) in [7, 11) is 3.15. The summed E-state index contributed by atoms with van der Waals surface area (Å²) in [5.41, 5.74) is 0.795. The Bertz CT molecular complexity index is 649. The van der Waals surface area contributed by atoms with Gasteiger partial charge in [0.25, 0.3) is 5.91 Å². The molecule has 0 spiro atoms. The molecule has 1 amide bonds. The van der Waals surface area contributed by atoms with Gasteiger partial charge >= 0.3 is 0 Å². The number of amides is 1. The van der Waals surface area contributed by atoms with Gasteiger partial charge in [-0.25, -0.2) is 0 Å². The fraction of sp³-hybridized carbons (Fsp3) is 0.154. The van der Waals surface area contributed by atoms with Gasteiger partial charge in [0, 0.05) is 7.05 Å². The lowest BCUT2D eigenvalue weighted by molar-refractivity contribution is 0.0992. The normalized spacial score (nSPS) is 10.2. The molecular formula is C13H11Cl2N3O2. The van der Waals surface area contributed by atoms with Crippen LogP contribution in [0.15, 0.2) is 30.3 Å². The van der Waals surface area contributed by atoms with Crippen LogP contribution in [0.3, 0.4) is 0 Å². The van der Waals surface area contributed by atoms with Crippen LogP contribution in [-0.2, 0) is 0 Å². The van der Waals surface area contributed by atoms with Gasteiger partial charge in [0.1, 0.15) is 5.75 Å². The molecule has 5 nitrogen and oxygen atoms in total. The van der Waals surface area contributed by atoms with Gasteiger partial charge in [-0.3, -0.25) is 4.79 Å². The first-order valence-electron chi connectivity index (χ1n) is 5.64. The molecule has 1 aromatic heterocycles. The van der Waals surface area contributed by atoms with Gasteiger partial charge < -0.3 is 9.64 Å². The summed E-state index contributed by atoms with van der Waals surface area (Å²) in [5, 5.41) is 7.30. The number of nitrogens with zero attached hydrogens (tertiary/aromatic N) is 3. The lowest BCUT2D eigenvalue weighted by atomic mass is 10.2. The molecule has 0 aliphatic heterocycles. The molecule has 7 heteroatoms. The van der Waals surface area contributed by atoms with Crippen LogP contribution >= 0.6 is 23.2 Å². The van der Waals surface area contributed by atoms with E-state index in [2.05, 4.69) is 10.2 Å². The molecule has 0 radical (unpaired) electrons. The molecule has 0 aliphatic carbocycles. The second-order valence-corrected chi connectivity index (χ2v) is 4.65. The predicted octanol–water partition coefficient (Wildman–Crippen LogP) is 3.07. The molecular weight excluding hydrogens is 301 g/mol. The van der Waals surface area contributed by atoms with Crippen LogP contribution in [0, 0.1) is 0 Å². The molecule has 0 aliphatic rings. The number of hydrogen-bond donors (Lipinski definition) is 0. The Labute approximate surface area is 126 Å². The first kappa shape index (κ1) is 14.6. The molecule has 0 saturated heterocycles. The van der Waals surface area contributed by atoms with E-state index in [9.17, 15) is 4.79 Å². The Hall–Kier alpha value is -1.85. The second kappa shape index (κ2) is 6.07. The van der Waals surface area contributed by atoms with Gasteiger partial charge in [-0.1, -0.05) is 35.3 Å². The van der Waals surface area contributed by atoms with Crippen LogP contribution in [0.2, 0.25) is 10.3 Å². The van der Waals surface area contributed by atoms with E-state index in [0.717, 1.165) is 0 Å². The van der Waals surface area contributed by atoms with Crippen molar-refractivity contribution in [2.75, 3.05) is 19.1 Å². The number of rotatable bonds is 3. The Morgan fingerprint density at radius 2 is 1.95 bits per heavy atom. The summed E-state index contributed by atoms with van der Waals surface area (Å²) < 4.78 is 5.23. The van der Waals surface area contributed by atoms with E-state index < -0.39 is 0 Å². The number of benzene rings is 1. The van der Waals surface area contributed by atoms with Crippen molar-refractivity contribution in [1.29, 1.82) is 0 Å². The van der Waals surface area contributed by atoms with Crippen molar-refractivity contribution in [3.8, 4) is 5.75 Å². The van der Waals surface area contributed by atoms with Crippen LogP contribution in [0.4, 0.5) is 5.69 Å². The SMILES string of the molecule is COc1ccccc1N(C)C(=O)c1cc(Cl)nnc1Cl. The molecule has 20 heavy (non-hydrogen) atoms. The van der Waals surface area contributed by atoms with E-state index >= 15 is 0 Å². The van der Waals surface area contributed by atoms with Crippen molar-refractivity contribution in [3.63, 3.8) is 0 Å². The van der Waals surface area contributed by atoms with E-state index in [0.29, 0.717) is 11.4 Å². The minimum Gasteiger partial charge on any atom is -0.495 e. The number of ether oxygens (including phenoxy) is 1. The average Bonchev–Trinajstić information content (AvgIpc) is 2.48. The van der Waals surface area contributed by atoms with Crippen molar-refractivity contribution in [2.45, 2.75) is 0 Å². The van der Waals surface area contributed by atoms with Crippen molar-refractivity contribution >= 4 is 34.8 Å². The number of hydrogen-bond acceptors (Lipinski definition) is 4. The quantitative estimate of drug-likeness (QED) is 0.874. The zero-order chi connectivity index (χ0) is 14.7. The summed E-state index contributed by atoms with van der Waals surface area (Å²) in [6.45, 7) is 0. The van der Waals surface area contributed by atoms with Crippen LogP contribution in [0.5, 0.6) is 5.75 Å². The molecule has 1 heterocycles. The average molecular weight is 312 g/mol. The monoisotopic (exact) mass is 311 g/mol. The van der Waals surface area contributed by atoms with E-state index in [1.807, 2.05) is 6.07 Å². The molecule has 0 fully saturated rings. The smallest absolute Gasteiger partial charge is 0.261 e. The fourth-order valence-corrected chi connectivity index (χ4v) is 2.02. The number of methoxy groups -OCH3 is 1. The largest absolute Gasteiger partial charge is 0.495 e. The first-order chi connectivity index (χ1) is 9.54. The molecule has 1 aromatic carbocycles. The van der Waals surface area contributed by atoms with E-state index in [4.69, 9.17) is 27.9 Å². The third-order valence-electron chi connectivity index (χ3n) is 2.70. The van der Waals surface area contributed by atoms with Crippen molar-refractivity contribution in [3.05, 3.63) is 46.2 Å². The summed E-state index contributed by atoms with van der Waals surface area (Å²) in [6, 6.07) is 8.53. The topological polar surface area (TPSA) is 55.3 Å². The van der Waals surface area contributed by atoms with Crippen LogP contribution in [0.1, 0.15) is 10.4 Å². The predicted molar refractivity (Wildman–Crippen MR) is 77.8 cm³/mol. The highest BCUT2D eigenvalue weighted by Gasteiger charge is 2.20. The third kappa shape index (κ3) is 2.84. The molecule has 0 N–H and O–H groups in total. The van der Waals surface area contributed by atoms with E-state index in [-0.39, 0.29) is 21.8 Å². The molecule has 104 valence electrons. The highest BCUT2D eigenvalue weighted by molar-refractivity contribution is 6.34. The molecule has 2 aromatic rings. The first-order valence-corrected chi connectivity index (χ1v) is 6.40. The molecule has 2 rings (SSSR count). The minimum atomic E-state index is -0.351. The number of para-hydroxylation sites is 2.